The van der Waals surface area contributed by atoms with Gasteiger partial charge in [0.1, 0.15) is 0 Å². The molecule has 1 saturated heterocycles. The maximum absolute atomic E-state index is 12.5. The van der Waals surface area contributed by atoms with Crippen molar-refractivity contribution in [3.05, 3.63) is 71.8 Å². The second-order valence-corrected chi connectivity index (χ2v) is 7.75. The molecule has 1 aliphatic rings. The van der Waals surface area contributed by atoms with Crippen LogP contribution in [-0.2, 0) is 6.54 Å². The van der Waals surface area contributed by atoms with Crippen LogP contribution in [0.1, 0.15) is 16.2 Å². The van der Waals surface area contributed by atoms with E-state index < -0.39 is 0 Å². The molecule has 0 atom stereocenters. The fraction of sp³-hybridized carbons (Fsp3) is 0.238. The molecule has 7 heteroatoms. The molecular weight excluding hydrogens is 372 g/mol. The van der Waals surface area contributed by atoms with Gasteiger partial charge in [0.25, 0.3) is 5.91 Å². The van der Waals surface area contributed by atoms with Crippen LogP contribution >= 0.6 is 11.3 Å². The minimum absolute atomic E-state index is 0.0285. The molecule has 28 heavy (non-hydrogen) atoms. The number of nitrogens with zero attached hydrogens (tertiary/aromatic N) is 4. The number of piperazine rings is 1. The molecule has 1 aliphatic heterocycles. The van der Waals surface area contributed by atoms with Crippen molar-refractivity contribution in [2.75, 3.05) is 26.2 Å². The molecular formula is C21H20N4O2S. The van der Waals surface area contributed by atoms with Gasteiger partial charge in [-0.3, -0.25) is 14.1 Å². The van der Waals surface area contributed by atoms with Gasteiger partial charge in [-0.15, -0.1) is 11.3 Å². The average Bonchev–Trinajstić information content (AvgIpc) is 3.48. The van der Waals surface area contributed by atoms with Crippen LogP contribution in [0, 0.1) is 0 Å². The highest BCUT2D eigenvalue weighted by atomic mass is 32.1. The van der Waals surface area contributed by atoms with E-state index in [2.05, 4.69) is 33.0 Å². The number of rotatable bonds is 4. The van der Waals surface area contributed by atoms with Gasteiger partial charge in [0.05, 0.1) is 17.7 Å². The molecule has 3 aromatic heterocycles. The highest BCUT2D eigenvalue weighted by Crippen LogP contribution is 2.28. The first-order valence-electron chi connectivity index (χ1n) is 9.34. The molecule has 5 rings (SSSR count). The molecule has 1 fully saturated rings. The van der Waals surface area contributed by atoms with Crippen LogP contribution < -0.4 is 0 Å². The normalized spacial score (nSPS) is 15.4. The molecule has 0 N–H and O–H groups in total. The third-order valence-corrected chi connectivity index (χ3v) is 5.93. The number of fused-ring (bicyclic) bond motifs is 1. The summed E-state index contributed by atoms with van der Waals surface area (Å²) in [5.41, 5.74) is 3.38. The number of imidazole rings is 1. The molecule has 0 spiro atoms. The van der Waals surface area contributed by atoms with Gasteiger partial charge in [-0.25, -0.2) is 4.98 Å². The van der Waals surface area contributed by atoms with Crippen molar-refractivity contribution < 1.29 is 9.21 Å². The zero-order chi connectivity index (χ0) is 18.9. The minimum Gasteiger partial charge on any atom is -0.459 e. The molecule has 6 nitrogen and oxygen atoms in total. The van der Waals surface area contributed by atoms with E-state index in [1.54, 1.807) is 29.7 Å². The molecule has 0 radical (unpaired) electrons. The molecule has 0 unspecified atom stereocenters. The van der Waals surface area contributed by atoms with Gasteiger partial charge < -0.3 is 9.32 Å². The van der Waals surface area contributed by atoms with Crippen molar-refractivity contribution in [2.24, 2.45) is 0 Å². The van der Waals surface area contributed by atoms with E-state index in [1.165, 1.54) is 5.69 Å². The Balaban J connectivity index is 1.34. The molecule has 4 aromatic rings. The summed E-state index contributed by atoms with van der Waals surface area (Å²) >= 11 is 1.65. The van der Waals surface area contributed by atoms with E-state index in [0.717, 1.165) is 35.9 Å². The Labute approximate surface area is 166 Å². The number of carbonyl (C=O) groups excluding carboxylic acids is 1. The van der Waals surface area contributed by atoms with Gasteiger partial charge in [0, 0.05) is 49.9 Å². The quantitative estimate of drug-likeness (QED) is 0.532. The number of hydrogen-bond donors (Lipinski definition) is 0. The van der Waals surface area contributed by atoms with Crippen LogP contribution in [0.25, 0.3) is 16.2 Å². The minimum atomic E-state index is -0.0285. The Morgan fingerprint density at radius 2 is 1.89 bits per heavy atom. The van der Waals surface area contributed by atoms with Gasteiger partial charge in [-0.1, -0.05) is 30.3 Å². The van der Waals surface area contributed by atoms with Crippen molar-refractivity contribution in [1.29, 1.82) is 0 Å². The topological polar surface area (TPSA) is 54.0 Å². The maximum atomic E-state index is 12.5. The number of benzene rings is 1. The summed E-state index contributed by atoms with van der Waals surface area (Å²) in [7, 11) is 0. The number of carbonyl (C=O) groups is 1. The van der Waals surface area contributed by atoms with Gasteiger partial charge in [0.2, 0.25) is 0 Å². The molecule has 4 heterocycles. The van der Waals surface area contributed by atoms with Crippen LogP contribution in [0.3, 0.4) is 0 Å². The highest BCUT2D eigenvalue weighted by molar-refractivity contribution is 7.15. The lowest BCUT2D eigenvalue weighted by Crippen LogP contribution is -2.48. The van der Waals surface area contributed by atoms with E-state index in [1.807, 2.05) is 23.1 Å². The fourth-order valence-electron chi connectivity index (χ4n) is 3.69. The summed E-state index contributed by atoms with van der Waals surface area (Å²) in [5.74, 6) is 0.384. The smallest absolute Gasteiger partial charge is 0.289 e. The summed E-state index contributed by atoms with van der Waals surface area (Å²) in [6, 6.07) is 13.8. The molecule has 1 aromatic carbocycles. The molecule has 1 amide bonds. The molecule has 0 saturated carbocycles. The Kier molecular flexibility index (Phi) is 4.46. The summed E-state index contributed by atoms with van der Waals surface area (Å²) in [5, 5.41) is 2.07. The van der Waals surface area contributed by atoms with E-state index >= 15 is 0 Å². The third kappa shape index (κ3) is 3.12. The van der Waals surface area contributed by atoms with Crippen LogP contribution in [-0.4, -0.2) is 51.3 Å². The second kappa shape index (κ2) is 7.26. The van der Waals surface area contributed by atoms with Crippen LogP contribution in [0.15, 0.2) is 64.7 Å². The number of hydrogen-bond acceptors (Lipinski definition) is 5. The largest absolute Gasteiger partial charge is 0.459 e. The van der Waals surface area contributed by atoms with Gasteiger partial charge in [0.15, 0.2) is 10.7 Å². The van der Waals surface area contributed by atoms with Gasteiger partial charge in [-0.05, 0) is 12.1 Å². The maximum Gasteiger partial charge on any atom is 0.289 e. The van der Waals surface area contributed by atoms with E-state index in [-0.39, 0.29) is 5.91 Å². The lowest BCUT2D eigenvalue weighted by Gasteiger charge is -2.34. The number of thiazole rings is 1. The summed E-state index contributed by atoms with van der Waals surface area (Å²) in [4.78, 5) is 22.6. The number of furan rings is 1. The lowest BCUT2D eigenvalue weighted by molar-refractivity contribution is 0.0596. The predicted molar refractivity (Wildman–Crippen MR) is 108 cm³/mol. The van der Waals surface area contributed by atoms with Gasteiger partial charge in [-0.2, -0.15) is 0 Å². The fourth-order valence-corrected chi connectivity index (χ4v) is 4.42. The van der Waals surface area contributed by atoms with Crippen LogP contribution in [0.2, 0.25) is 0 Å². The van der Waals surface area contributed by atoms with E-state index in [4.69, 9.17) is 9.40 Å². The van der Waals surface area contributed by atoms with Crippen LogP contribution in [0.4, 0.5) is 0 Å². The predicted octanol–water partition coefficient (Wildman–Crippen LogP) is 3.61. The zero-order valence-electron chi connectivity index (χ0n) is 15.3. The van der Waals surface area contributed by atoms with Crippen molar-refractivity contribution in [2.45, 2.75) is 6.54 Å². The Morgan fingerprint density at radius 3 is 2.64 bits per heavy atom. The monoisotopic (exact) mass is 392 g/mol. The van der Waals surface area contributed by atoms with Gasteiger partial charge >= 0.3 is 0 Å². The first-order chi connectivity index (χ1) is 13.8. The molecule has 0 aliphatic carbocycles. The summed E-state index contributed by atoms with van der Waals surface area (Å²) in [6.07, 6.45) is 3.63. The number of amides is 1. The average molecular weight is 392 g/mol. The van der Waals surface area contributed by atoms with Crippen molar-refractivity contribution >= 4 is 22.2 Å². The Hall–Kier alpha value is -2.90. The SMILES string of the molecule is O=C(c1ccco1)N1CCN(Cc2c(-c3ccccc3)nc3sccn23)CC1. The first kappa shape index (κ1) is 17.2. The zero-order valence-corrected chi connectivity index (χ0v) is 16.1. The standard InChI is InChI=1S/C21H20N4O2S/c26-20(18-7-4-13-27-18)24-10-8-23(9-11-24)15-17-19(16-5-2-1-3-6-16)22-21-25(17)12-14-28-21/h1-7,12-14H,8-11,15H2. The summed E-state index contributed by atoms with van der Waals surface area (Å²) < 4.78 is 7.44. The van der Waals surface area contributed by atoms with Crippen molar-refractivity contribution in [3.63, 3.8) is 0 Å². The number of aromatic nitrogens is 2. The first-order valence-corrected chi connectivity index (χ1v) is 10.2. The molecule has 142 valence electrons. The third-order valence-electron chi connectivity index (χ3n) is 5.17. The summed E-state index contributed by atoms with van der Waals surface area (Å²) in [6.45, 7) is 3.87. The molecule has 0 bridgehead atoms. The van der Waals surface area contributed by atoms with E-state index in [9.17, 15) is 4.79 Å². The van der Waals surface area contributed by atoms with E-state index in [0.29, 0.717) is 18.8 Å². The highest BCUT2D eigenvalue weighted by Gasteiger charge is 2.25. The van der Waals surface area contributed by atoms with Crippen LogP contribution in [0.5, 0.6) is 0 Å². The Morgan fingerprint density at radius 1 is 1.07 bits per heavy atom. The van der Waals surface area contributed by atoms with Crippen molar-refractivity contribution in [3.8, 4) is 11.3 Å². The Bertz CT molecular complexity index is 1080. The lowest BCUT2D eigenvalue weighted by atomic mass is 10.1. The second-order valence-electron chi connectivity index (χ2n) is 6.87. The van der Waals surface area contributed by atoms with Crippen molar-refractivity contribution in [1.82, 2.24) is 19.2 Å².